The van der Waals surface area contributed by atoms with Crippen LogP contribution in [0.4, 0.5) is 0 Å². The van der Waals surface area contributed by atoms with Crippen molar-refractivity contribution < 1.29 is 9.47 Å². The molecule has 0 radical (unpaired) electrons. The Labute approximate surface area is 76.3 Å². The number of methoxy groups -OCH3 is 2. The first-order valence-corrected chi connectivity index (χ1v) is 3.83. The Balaban J connectivity index is 2.92. The van der Waals surface area contributed by atoms with Crippen LogP contribution in [-0.2, 0) is 9.47 Å². The Morgan fingerprint density at radius 2 is 2.08 bits per heavy atom. The molecule has 0 N–H and O–H groups in total. The molecule has 0 atom stereocenters. The zero-order valence-electron chi connectivity index (χ0n) is 6.95. The van der Waals surface area contributed by atoms with Crippen LogP contribution in [0.2, 0.25) is 5.02 Å². The van der Waals surface area contributed by atoms with Gasteiger partial charge in [0.1, 0.15) is 5.69 Å². The van der Waals surface area contributed by atoms with Crippen molar-refractivity contribution in [2.75, 3.05) is 14.2 Å². The molecule has 0 amide bonds. The maximum Gasteiger partial charge on any atom is 0.202 e. The van der Waals surface area contributed by atoms with Gasteiger partial charge < -0.3 is 9.47 Å². The summed E-state index contributed by atoms with van der Waals surface area (Å²) in [6.45, 7) is 0. The van der Waals surface area contributed by atoms with Crippen LogP contribution in [-0.4, -0.2) is 19.2 Å². The van der Waals surface area contributed by atoms with Gasteiger partial charge in [0, 0.05) is 20.4 Å². The summed E-state index contributed by atoms with van der Waals surface area (Å²) in [5, 5.41) is 0.547. The summed E-state index contributed by atoms with van der Waals surface area (Å²) in [4.78, 5) is 4.04. The monoisotopic (exact) mass is 187 g/mol. The maximum absolute atomic E-state index is 5.85. The second-order valence-corrected chi connectivity index (χ2v) is 2.58. The van der Waals surface area contributed by atoms with Crippen LogP contribution in [0.15, 0.2) is 18.3 Å². The van der Waals surface area contributed by atoms with Crippen molar-refractivity contribution in [2.24, 2.45) is 0 Å². The lowest BCUT2D eigenvalue weighted by atomic mass is 10.3. The molecule has 0 saturated carbocycles. The molecule has 4 heteroatoms. The lowest BCUT2D eigenvalue weighted by Gasteiger charge is -2.13. The quantitative estimate of drug-likeness (QED) is 0.679. The standard InChI is InChI=1S/C8H10ClNO2/c1-11-8(12-2)7-6(9)4-3-5-10-7/h3-5,8H,1-2H3. The average molecular weight is 188 g/mol. The molecule has 1 aromatic rings. The zero-order chi connectivity index (χ0) is 8.97. The van der Waals surface area contributed by atoms with Gasteiger partial charge >= 0.3 is 0 Å². The van der Waals surface area contributed by atoms with Crippen molar-refractivity contribution in [1.82, 2.24) is 4.98 Å². The lowest BCUT2D eigenvalue weighted by molar-refractivity contribution is -0.108. The smallest absolute Gasteiger partial charge is 0.202 e. The summed E-state index contributed by atoms with van der Waals surface area (Å²) in [6, 6.07) is 3.50. The van der Waals surface area contributed by atoms with Crippen molar-refractivity contribution >= 4 is 11.6 Å². The third-order valence-electron chi connectivity index (χ3n) is 1.44. The molecule has 1 rings (SSSR count). The van der Waals surface area contributed by atoms with Gasteiger partial charge in [-0.15, -0.1) is 0 Å². The number of pyridine rings is 1. The highest BCUT2D eigenvalue weighted by molar-refractivity contribution is 6.31. The normalized spacial score (nSPS) is 10.7. The van der Waals surface area contributed by atoms with Crippen LogP contribution in [0.3, 0.4) is 0 Å². The first-order valence-electron chi connectivity index (χ1n) is 3.45. The van der Waals surface area contributed by atoms with Gasteiger partial charge in [-0.05, 0) is 12.1 Å². The molecule has 12 heavy (non-hydrogen) atoms. The highest BCUT2D eigenvalue weighted by atomic mass is 35.5. The van der Waals surface area contributed by atoms with Gasteiger partial charge in [0.05, 0.1) is 5.02 Å². The fraction of sp³-hybridized carbons (Fsp3) is 0.375. The third-order valence-corrected chi connectivity index (χ3v) is 1.76. The van der Waals surface area contributed by atoms with Gasteiger partial charge in [-0.3, -0.25) is 4.98 Å². The number of ether oxygens (including phenoxy) is 2. The largest absolute Gasteiger partial charge is 0.350 e. The Hall–Kier alpha value is -0.640. The van der Waals surface area contributed by atoms with Crippen LogP contribution in [0.25, 0.3) is 0 Å². The minimum Gasteiger partial charge on any atom is -0.350 e. The third kappa shape index (κ3) is 1.94. The van der Waals surface area contributed by atoms with Crippen LogP contribution in [0.5, 0.6) is 0 Å². The van der Waals surface area contributed by atoms with Crippen LogP contribution in [0.1, 0.15) is 12.0 Å². The Bertz CT molecular complexity index is 251. The molecule has 0 aromatic carbocycles. The number of halogens is 1. The average Bonchev–Trinajstić information content (AvgIpc) is 2.10. The van der Waals surface area contributed by atoms with Crippen molar-refractivity contribution in [3.8, 4) is 0 Å². The minimum absolute atomic E-state index is 0.487. The van der Waals surface area contributed by atoms with E-state index >= 15 is 0 Å². The van der Waals surface area contributed by atoms with Crippen molar-refractivity contribution in [1.29, 1.82) is 0 Å². The molecule has 0 fully saturated rings. The molecule has 0 spiro atoms. The summed E-state index contributed by atoms with van der Waals surface area (Å²) in [5.74, 6) is 0. The SMILES string of the molecule is COC(OC)c1ncccc1Cl. The van der Waals surface area contributed by atoms with Crippen LogP contribution < -0.4 is 0 Å². The highest BCUT2D eigenvalue weighted by Gasteiger charge is 2.13. The van der Waals surface area contributed by atoms with E-state index in [1.165, 1.54) is 0 Å². The van der Waals surface area contributed by atoms with Gasteiger partial charge in [-0.25, -0.2) is 0 Å². The molecule has 66 valence electrons. The second-order valence-electron chi connectivity index (χ2n) is 2.17. The predicted octanol–water partition coefficient (Wildman–Crippen LogP) is 2.03. The fourth-order valence-electron chi connectivity index (χ4n) is 0.891. The number of hydrogen-bond acceptors (Lipinski definition) is 3. The van der Waals surface area contributed by atoms with Gasteiger partial charge in [-0.2, -0.15) is 0 Å². The van der Waals surface area contributed by atoms with Crippen molar-refractivity contribution in [2.45, 2.75) is 6.29 Å². The summed E-state index contributed by atoms with van der Waals surface area (Å²) in [7, 11) is 3.08. The number of aromatic nitrogens is 1. The zero-order valence-corrected chi connectivity index (χ0v) is 7.71. The van der Waals surface area contributed by atoms with Crippen molar-refractivity contribution in [3.63, 3.8) is 0 Å². The van der Waals surface area contributed by atoms with E-state index in [0.717, 1.165) is 0 Å². The first-order chi connectivity index (χ1) is 5.79. The van der Waals surface area contributed by atoms with E-state index in [1.54, 1.807) is 32.5 Å². The summed E-state index contributed by atoms with van der Waals surface area (Å²) < 4.78 is 9.99. The Morgan fingerprint density at radius 1 is 1.42 bits per heavy atom. The van der Waals surface area contributed by atoms with E-state index in [-0.39, 0.29) is 0 Å². The van der Waals surface area contributed by atoms with E-state index in [2.05, 4.69) is 4.98 Å². The predicted molar refractivity (Wildman–Crippen MR) is 46.0 cm³/mol. The van der Waals surface area contributed by atoms with Gasteiger partial charge in [0.25, 0.3) is 0 Å². The van der Waals surface area contributed by atoms with Crippen molar-refractivity contribution in [3.05, 3.63) is 29.0 Å². The highest BCUT2D eigenvalue weighted by Crippen LogP contribution is 2.22. The number of rotatable bonds is 3. The first kappa shape index (κ1) is 9.45. The molecule has 3 nitrogen and oxygen atoms in total. The summed E-state index contributed by atoms with van der Waals surface area (Å²) in [5.41, 5.74) is 0.601. The molecular weight excluding hydrogens is 178 g/mol. The molecule has 1 heterocycles. The molecule has 1 aromatic heterocycles. The maximum atomic E-state index is 5.85. The molecule has 0 aliphatic rings. The molecule has 0 aliphatic heterocycles. The number of hydrogen-bond donors (Lipinski definition) is 0. The second kappa shape index (κ2) is 4.40. The molecular formula is C8H10ClNO2. The fourth-order valence-corrected chi connectivity index (χ4v) is 1.10. The van der Waals surface area contributed by atoms with E-state index in [4.69, 9.17) is 21.1 Å². The van der Waals surface area contributed by atoms with Gasteiger partial charge in [0.15, 0.2) is 0 Å². The molecule has 0 saturated heterocycles. The molecule has 0 bridgehead atoms. The van der Waals surface area contributed by atoms with Gasteiger partial charge in [-0.1, -0.05) is 11.6 Å². The van der Waals surface area contributed by atoms with Crippen LogP contribution >= 0.6 is 11.6 Å². The Kier molecular flexibility index (Phi) is 3.47. The van der Waals surface area contributed by atoms with Crippen LogP contribution in [0, 0.1) is 0 Å². The summed E-state index contributed by atoms with van der Waals surface area (Å²) >= 11 is 5.85. The minimum atomic E-state index is -0.487. The van der Waals surface area contributed by atoms with E-state index in [1.807, 2.05) is 0 Å². The van der Waals surface area contributed by atoms with E-state index in [0.29, 0.717) is 10.7 Å². The molecule has 0 aliphatic carbocycles. The summed E-state index contributed by atoms with van der Waals surface area (Å²) in [6.07, 6.45) is 1.16. The lowest BCUT2D eigenvalue weighted by Crippen LogP contribution is -2.06. The van der Waals surface area contributed by atoms with E-state index in [9.17, 15) is 0 Å². The van der Waals surface area contributed by atoms with Gasteiger partial charge in [0.2, 0.25) is 6.29 Å². The number of nitrogens with zero attached hydrogens (tertiary/aromatic N) is 1. The topological polar surface area (TPSA) is 31.4 Å². The Morgan fingerprint density at radius 3 is 2.58 bits per heavy atom. The molecule has 0 unspecified atom stereocenters. The van der Waals surface area contributed by atoms with E-state index < -0.39 is 6.29 Å².